The Labute approximate surface area is 157 Å². The highest BCUT2D eigenvalue weighted by Crippen LogP contribution is 2.71. The number of carbonyl (C=O) groups is 2. The lowest BCUT2D eigenvalue weighted by Gasteiger charge is -2.67. The van der Waals surface area contributed by atoms with Gasteiger partial charge in [0, 0.05) is 22.7 Å². The van der Waals surface area contributed by atoms with Crippen LogP contribution in [-0.2, 0) is 19.1 Å². The highest BCUT2D eigenvalue weighted by atomic mass is 16.6. The minimum Gasteiger partial charge on any atom is -0.462 e. The van der Waals surface area contributed by atoms with Crippen molar-refractivity contribution < 1.29 is 34.4 Å². The van der Waals surface area contributed by atoms with Crippen molar-refractivity contribution in [1.29, 1.82) is 0 Å². The topological polar surface area (TPSA) is 113 Å². The minimum atomic E-state index is -1.51. The van der Waals surface area contributed by atoms with Crippen LogP contribution in [0.5, 0.6) is 0 Å². The third kappa shape index (κ3) is 1.78. The largest absolute Gasteiger partial charge is 0.462 e. The van der Waals surface area contributed by atoms with E-state index in [1.54, 1.807) is 6.92 Å². The Kier molecular flexibility index (Phi) is 3.30. The zero-order valence-electron chi connectivity index (χ0n) is 15.7. The van der Waals surface area contributed by atoms with Gasteiger partial charge in [-0.3, -0.25) is 9.59 Å². The Bertz CT molecular complexity index is 772. The van der Waals surface area contributed by atoms with Crippen LogP contribution in [0.1, 0.15) is 33.6 Å². The Balaban J connectivity index is 1.76. The standard InChI is InChI=1S/C20H26O7/c1-8-4-10(21)16(23)18(2)9(8)5-12-20-7-26-14(15(18)20)17(24)19(3,25)11(20)6-13(22)27-12/h4,9,11-12,14-17,23-25H,5-7H2,1-3H3. The van der Waals surface area contributed by atoms with E-state index in [1.807, 2.05) is 13.8 Å². The summed E-state index contributed by atoms with van der Waals surface area (Å²) in [6.45, 7) is 5.55. The Morgan fingerprint density at radius 2 is 1.93 bits per heavy atom. The number of hydrogen-bond acceptors (Lipinski definition) is 7. The third-order valence-electron chi connectivity index (χ3n) is 8.59. The summed E-state index contributed by atoms with van der Waals surface area (Å²) in [5.41, 5.74) is -2.22. The molecule has 7 nitrogen and oxygen atoms in total. The molecule has 2 bridgehead atoms. The van der Waals surface area contributed by atoms with Gasteiger partial charge in [0.15, 0.2) is 5.78 Å². The molecule has 5 rings (SSSR count). The second-order valence-electron chi connectivity index (χ2n) is 9.62. The van der Waals surface area contributed by atoms with Gasteiger partial charge in [-0.25, -0.2) is 0 Å². The maximum Gasteiger partial charge on any atom is 0.306 e. The molecule has 4 fully saturated rings. The van der Waals surface area contributed by atoms with Crippen molar-refractivity contribution in [2.24, 2.45) is 28.6 Å². The fourth-order valence-corrected chi connectivity index (χ4v) is 7.44. The molecule has 10 unspecified atom stereocenters. The number of aliphatic hydroxyl groups excluding tert-OH is 2. The number of rotatable bonds is 0. The lowest BCUT2D eigenvalue weighted by atomic mass is 9.38. The normalized spacial score (nSPS) is 58.9. The average molecular weight is 378 g/mol. The second kappa shape index (κ2) is 5.00. The first kappa shape index (κ1) is 17.8. The molecule has 0 aromatic carbocycles. The molecule has 148 valence electrons. The molecule has 2 aliphatic heterocycles. The molecule has 2 saturated carbocycles. The predicted molar refractivity (Wildman–Crippen MR) is 91.3 cm³/mol. The van der Waals surface area contributed by atoms with E-state index in [4.69, 9.17) is 9.47 Å². The molecule has 5 aliphatic rings. The summed E-state index contributed by atoms with van der Waals surface area (Å²) in [5, 5.41) is 33.1. The van der Waals surface area contributed by atoms with Crippen molar-refractivity contribution in [3.63, 3.8) is 0 Å². The van der Waals surface area contributed by atoms with Crippen molar-refractivity contribution in [1.82, 2.24) is 0 Å². The SMILES string of the molecule is CC1=CC(=O)C(O)C2(C)C1CC1OC(=O)CC3C(C)(O)C(O)C4OCC13C42. The molecule has 0 aromatic rings. The molecular formula is C20H26O7. The van der Waals surface area contributed by atoms with Crippen LogP contribution in [0.15, 0.2) is 11.6 Å². The van der Waals surface area contributed by atoms with Gasteiger partial charge in [-0.1, -0.05) is 12.5 Å². The molecular weight excluding hydrogens is 352 g/mol. The summed E-state index contributed by atoms with van der Waals surface area (Å²) in [5.74, 6) is -1.84. The van der Waals surface area contributed by atoms with Crippen LogP contribution in [0.2, 0.25) is 0 Å². The Hall–Kier alpha value is -1.28. The van der Waals surface area contributed by atoms with Crippen LogP contribution in [0.25, 0.3) is 0 Å². The number of esters is 1. The first-order chi connectivity index (χ1) is 12.6. The van der Waals surface area contributed by atoms with E-state index in [2.05, 4.69) is 0 Å². The molecule has 2 saturated heterocycles. The van der Waals surface area contributed by atoms with Crippen LogP contribution < -0.4 is 0 Å². The highest BCUT2D eigenvalue weighted by Gasteiger charge is 2.79. The van der Waals surface area contributed by atoms with E-state index in [0.717, 1.165) is 5.57 Å². The maximum absolute atomic E-state index is 12.5. The van der Waals surface area contributed by atoms with Gasteiger partial charge in [-0.2, -0.15) is 0 Å². The van der Waals surface area contributed by atoms with Gasteiger partial charge in [0.05, 0.1) is 24.7 Å². The van der Waals surface area contributed by atoms with Crippen LogP contribution in [0.4, 0.5) is 0 Å². The van der Waals surface area contributed by atoms with Crippen molar-refractivity contribution >= 4 is 11.8 Å². The predicted octanol–water partition coefficient (Wildman–Crippen LogP) is -0.0389. The number of fused-ring (bicyclic) bond motifs is 1. The zero-order valence-corrected chi connectivity index (χ0v) is 15.7. The van der Waals surface area contributed by atoms with Crippen molar-refractivity contribution in [3.05, 3.63) is 11.6 Å². The highest BCUT2D eigenvalue weighted by molar-refractivity contribution is 5.96. The molecule has 2 heterocycles. The van der Waals surface area contributed by atoms with E-state index in [0.29, 0.717) is 6.42 Å². The van der Waals surface area contributed by atoms with Crippen molar-refractivity contribution in [2.75, 3.05) is 6.61 Å². The lowest BCUT2D eigenvalue weighted by Crippen LogP contribution is -2.76. The summed E-state index contributed by atoms with van der Waals surface area (Å²) in [6.07, 6.45) is -1.67. The molecule has 7 heteroatoms. The third-order valence-corrected chi connectivity index (χ3v) is 8.59. The molecule has 1 spiro atoms. The summed E-state index contributed by atoms with van der Waals surface area (Å²) < 4.78 is 11.8. The maximum atomic E-state index is 12.5. The lowest BCUT2D eigenvalue weighted by molar-refractivity contribution is -0.284. The van der Waals surface area contributed by atoms with Crippen LogP contribution in [0.3, 0.4) is 0 Å². The Morgan fingerprint density at radius 1 is 1.22 bits per heavy atom. The van der Waals surface area contributed by atoms with Crippen LogP contribution in [-0.4, -0.2) is 63.7 Å². The van der Waals surface area contributed by atoms with E-state index in [1.165, 1.54) is 6.08 Å². The first-order valence-electron chi connectivity index (χ1n) is 9.68. The fraction of sp³-hybridized carbons (Fsp3) is 0.800. The van der Waals surface area contributed by atoms with Crippen LogP contribution in [0, 0.1) is 28.6 Å². The molecule has 0 radical (unpaired) electrons. The first-order valence-corrected chi connectivity index (χ1v) is 9.68. The molecule has 27 heavy (non-hydrogen) atoms. The van der Waals surface area contributed by atoms with E-state index >= 15 is 0 Å². The number of hydrogen-bond donors (Lipinski definition) is 3. The summed E-state index contributed by atoms with van der Waals surface area (Å²) in [4.78, 5) is 24.9. The average Bonchev–Trinajstić information content (AvgIpc) is 2.96. The summed E-state index contributed by atoms with van der Waals surface area (Å²) in [6, 6.07) is 0. The summed E-state index contributed by atoms with van der Waals surface area (Å²) in [7, 11) is 0. The van der Waals surface area contributed by atoms with Gasteiger partial charge in [0.2, 0.25) is 0 Å². The number of ether oxygens (including phenoxy) is 2. The van der Waals surface area contributed by atoms with Crippen molar-refractivity contribution in [3.8, 4) is 0 Å². The summed E-state index contributed by atoms with van der Waals surface area (Å²) >= 11 is 0. The monoisotopic (exact) mass is 378 g/mol. The van der Waals surface area contributed by atoms with Gasteiger partial charge in [0.25, 0.3) is 0 Å². The van der Waals surface area contributed by atoms with E-state index < -0.39 is 52.7 Å². The van der Waals surface area contributed by atoms with Gasteiger partial charge in [-0.05, 0) is 32.3 Å². The smallest absolute Gasteiger partial charge is 0.306 e. The van der Waals surface area contributed by atoms with Crippen LogP contribution >= 0.6 is 0 Å². The Morgan fingerprint density at radius 3 is 2.63 bits per heavy atom. The molecule has 0 amide bonds. The second-order valence-corrected chi connectivity index (χ2v) is 9.62. The van der Waals surface area contributed by atoms with Gasteiger partial charge in [0.1, 0.15) is 18.3 Å². The number of aliphatic hydroxyl groups is 3. The number of carbonyl (C=O) groups excluding carboxylic acids is 2. The molecule has 3 aliphatic carbocycles. The van der Waals surface area contributed by atoms with Gasteiger partial charge in [-0.15, -0.1) is 0 Å². The van der Waals surface area contributed by atoms with E-state index in [-0.39, 0.29) is 30.7 Å². The van der Waals surface area contributed by atoms with Crippen molar-refractivity contribution in [2.45, 2.75) is 63.6 Å². The fourth-order valence-electron chi connectivity index (χ4n) is 7.44. The van der Waals surface area contributed by atoms with E-state index in [9.17, 15) is 24.9 Å². The van der Waals surface area contributed by atoms with Gasteiger partial charge < -0.3 is 24.8 Å². The zero-order chi connectivity index (χ0) is 19.5. The quantitative estimate of drug-likeness (QED) is 0.507. The number of allylic oxidation sites excluding steroid dienone is 1. The molecule has 3 N–H and O–H groups in total. The molecule has 0 aromatic heterocycles. The minimum absolute atomic E-state index is 0.00719. The molecule has 10 atom stereocenters. The number of ketones is 1. The van der Waals surface area contributed by atoms with Gasteiger partial charge >= 0.3 is 5.97 Å².